The van der Waals surface area contributed by atoms with Crippen LogP contribution < -0.4 is 0 Å². The lowest BCUT2D eigenvalue weighted by Gasteiger charge is -2.64. The summed E-state index contributed by atoms with van der Waals surface area (Å²) >= 11 is 0. The van der Waals surface area contributed by atoms with Gasteiger partial charge in [-0.15, -0.1) is 0 Å². The first-order chi connectivity index (χ1) is 8.77. The molecule has 0 amide bonds. The second-order valence-electron chi connectivity index (χ2n) is 8.01. The number of esters is 1. The molecule has 4 fully saturated rings. The van der Waals surface area contributed by atoms with E-state index in [1.165, 1.54) is 19.3 Å². The quantitative estimate of drug-likeness (QED) is 0.469. The standard InChI is InChI=1S/C16H24O3/c1-11(7-17)13(18)19-16-6-12-4-14(2,9-16)8-15(3,5-12)10-16/h7,12,17H,4-6,8-10H2,1-3H3/b11-7+. The summed E-state index contributed by atoms with van der Waals surface area (Å²) in [5.41, 5.74) is 0.701. The van der Waals surface area contributed by atoms with E-state index in [1.807, 2.05) is 0 Å². The molecular weight excluding hydrogens is 240 g/mol. The lowest BCUT2D eigenvalue weighted by Crippen LogP contribution is -2.60. The Morgan fingerprint density at radius 1 is 1.16 bits per heavy atom. The van der Waals surface area contributed by atoms with Crippen molar-refractivity contribution in [1.29, 1.82) is 0 Å². The summed E-state index contributed by atoms with van der Waals surface area (Å²) < 4.78 is 5.87. The van der Waals surface area contributed by atoms with Gasteiger partial charge in [0.25, 0.3) is 0 Å². The predicted octanol–water partition coefficient (Wildman–Crippen LogP) is 3.74. The first-order valence-electron chi connectivity index (χ1n) is 7.32. The molecule has 0 aromatic heterocycles. The Bertz CT molecular complexity index is 433. The Labute approximate surface area is 115 Å². The molecule has 4 aliphatic carbocycles. The lowest BCUT2D eigenvalue weighted by atomic mass is 9.43. The van der Waals surface area contributed by atoms with Crippen LogP contribution in [0.1, 0.15) is 59.3 Å². The van der Waals surface area contributed by atoms with Crippen molar-refractivity contribution in [3.05, 3.63) is 11.8 Å². The van der Waals surface area contributed by atoms with E-state index in [4.69, 9.17) is 9.84 Å². The fourth-order valence-corrected chi connectivity index (χ4v) is 5.79. The van der Waals surface area contributed by atoms with Crippen LogP contribution in [0, 0.1) is 16.7 Å². The van der Waals surface area contributed by atoms with Crippen molar-refractivity contribution in [1.82, 2.24) is 0 Å². The highest BCUT2D eigenvalue weighted by molar-refractivity contribution is 5.87. The molecule has 4 saturated carbocycles. The minimum Gasteiger partial charge on any atom is -0.515 e. The number of aliphatic hydroxyl groups excluding tert-OH is 1. The van der Waals surface area contributed by atoms with Gasteiger partial charge in [0.2, 0.25) is 0 Å². The summed E-state index contributed by atoms with van der Waals surface area (Å²) in [5, 5.41) is 8.96. The van der Waals surface area contributed by atoms with Gasteiger partial charge < -0.3 is 9.84 Å². The van der Waals surface area contributed by atoms with Crippen molar-refractivity contribution < 1.29 is 14.6 Å². The van der Waals surface area contributed by atoms with Gasteiger partial charge in [-0.2, -0.15) is 0 Å². The molecule has 19 heavy (non-hydrogen) atoms. The van der Waals surface area contributed by atoms with E-state index < -0.39 is 0 Å². The molecule has 3 nitrogen and oxygen atoms in total. The molecule has 0 heterocycles. The number of ether oxygens (including phenoxy) is 1. The van der Waals surface area contributed by atoms with E-state index in [-0.39, 0.29) is 11.6 Å². The van der Waals surface area contributed by atoms with Crippen molar-refractivity contribution in [2.75, 3.05) is 0 Å². The maximum Gasteiger partial charge on any atom is 0.337 e. The molecule has 0 aliphatic heterocycles. The molecule has 4 bridgehead atoms. The largest absolute Gasteiger partial charge is 0.515 e. The van der Waals surface area contributed by atoms with Crippen molar-refractivity contribution in [2.45, 2.75) is 64.9 Å². The smallest absolute Gasteiger partial charge is 0.337 e. The van der Waals surface area contributed by atoms with Gasteiger partial charge in [0, 0.05) is 0 Å². The molecule has 1 N–H and O–H groups in total. The number of carbonyl (C=O) groups is 1. The Morgan fingerprint density at radius 3 is 2.21 bits per heavy atom. The fraction of sp³-hybridized carbons (Fsp3) is 0.812. The molecule has 0 aromatic rings. The van der Waals surface area contributed by atoms with Gasteiger partial charge in [0.1, 0.15) is 5.60 Å². The lowest BCUT2D eigenvalue weighted by molar-refractivity contribution is -0.212. The number of rotatable bonds is 2. The highest BCUT2D eigenvalue weighted by atomic mass is 16.6. The average molecular weight is 264 g/mol. The summed E-state index contributed by atoms with van der Waals surface area (Å²) in [5.74, 6) is 0.356. The molecule has 2 atom stereocenters. The summed E-state index contributed by atoms with van der Waals surface area (Å²) in [6, 6.07) is 0. The van der Waals surface area contributed by atoms with E-state index in [0.29, 0.717) is 22.3 Å². The average Bonchev–Trinajstić information content (AvgIpc) is 2.21. The second kappa shape index (κ2) is 3.77. The normalized spacial score (nSPS) is 48.4. The summed E-state index contributed by atoms with van der Waals surface area (Å²) in [6.45, 7) is 6.31. The van der Waals surface area contributed by atoms with E-state index in [0.717, 1.165) is 25.5 Å². The SMILES string of the molecule is C/C(=C\O)C(=O)OC12CC3CC(C)(CC(C)(C3)C1)C2. The zero-order valence-electron chi connectivity index (χ0n) is 12.2. The van der Waals surface area contributed by atoms with Crippen LogP contribution in [0.25, 0.3) is 0 Å². The van der Waals surface area contributed by atoms with E-state index >= 15 is 0 Å². The zero-order valence-corrected chi connectivity index (χ0v) is 12.2. The van der Waals surface area contributed by atoms with Crippen LogP contribution in [0.4, 0.5) is 0 Å². The predicted molar refractivity (Wildman–Crippen MR) is 72.6 cm³/mol. The van der Waals surface area contributed by atoms with Gasteiger partial charge in [-0.1, -0.05) is 13.8 Å². The maximum atomic E-state index is 12.0. The van der Waals surface area contributed by atoms with Crippen LogP contribution in [0.3, 0.4) is 0 Å². The topological polar surface area (TPSA) is 46.5 Å². The number of hydrogen-bond acceptors (Lipinski definition) is 3. The molecule has 0 spiro atoms. The highest BCUT2D eigenvalue weighted by Gasteiger charge is 2.61. The third-order valence-electron chi connectivity index (χ3n) is 5.40. The van der Waals surface area contributed by atoms with Crippen LogP contribution in [0.2, 0.25) is 0 Å². The van der Waals surface area contributed by atoms with Crippen LogP contribution in [-0.4, -0.2) is 16.7 Å². The van der Waals surface area contributed by atoms with Crippen LogP contribution in [0.15, 0.2) is 11.8 Å². The summed E-state index contributed by atoms with van der Waals surface area (Å²) in [7, 11) is 0. The van der Waals surface area contributed by atoms with E-state index in [9.17, 15) is 4.79 Å². The first-order valence-corrected chi connectivity index (χ1v) is 7.32. The number of aliphatic hydroxyl groups is 1. The Balaban J connectivity index is 1.87. The molecule has 106 valence electrons. The molecule has 4 rings (SSSR count). The van der Waals surface area contributed by atoms with Crippen molar-refractivity contribution >= 4 is 5.97 Å². The molecule has 2 unspecified atom stereocenters. The van der Waals surface area contributed by atoms with Crippen LogP contribution in [0.5, 0.6) is 0 Å². The third-order valence-corrected chi connectivity index (χ3v) is 5.40. The van der Waals surface area contributed by atoms with Crippen LogP contribution >= 0.6 is 0 Å². The van der Waals surface area contributed by atoms with Crippen molar-refractivity contribution in [2.24, 2.45) is 16.7 Å². The highest BCUT2D eigenvalue weighted by Crippen LogP contribution is 2.67. The Hall–Kier alpha value is -0.990. The molecular formula is C16H24O3. The second-order valence-corrected chi connectivity index (χ2v) is 8.01. The first kappa shape index (κ1) is 13.0. The van der Waals surface area contributed by atoms with Gasteiger partial charge in [-0.25, -0.2) is 4.79 Å². The number of carbonyl (C=O) groups excluding carboxylic acids is 1. The van der Waals surface area contributed by atoms with Gasteiger partial charge in [0.15, 0.2) is 0 Å². The Kier molecular flexibility index (Phi) is 2.58. The Morgan fingerprint density at radius 2 is 1.74 bits per heavy atom. The van der Waals surface area contributed by atoms with Gasteiger partial charge in [0.05, 0.1) is 11.8 Å². The zero-order chi connectivity index (χ0) is 13.9. The monoisotopic (exact) mass is 264 g/mol. The van der Waals surface area contributed by atoms with Crippen molar-refractivity contribution in [3.63, 3.8) is 0 Å². The van der Waals surface area contributed by atoms with Gasteiger partial charge in [-0.05, 0) is 62.2 Å². The molecule has 3 heteroatoms. The minimum absolute atomic E-state index is 0.274. The number of hydrogen-bond donors (Lipinski definition) is 1. The molecule has 0 radical (unpaired) electrons. The molecule has 4 aliphatic rings. The van der Waals surface area contributed by atoms with Crippen molar-refractivity contribution in [3.8, 4) is 0 Å². The van der Waals surface area contributed by atoms with E-state index in [1.54, 1.807) is 6.92 Å². The van der Waals surface area contributed by atoms with Gasteiger partial charge >= 0.3 is 5.97 Å². The fourth-order valence-electron chi connectivity index (χ4n) is 5.79. The maximum absolute atomic E-state index is 12.0. The van der Waals surface area contributed by atoms with Gasteiger partial charge in [-0.3, -0.25) is 0 Å². The third kappa shape index (κ3) is 2.07. The molecule has 0 saturated heterocycles. The summed E-state index contributed by atoms with van der Waals surface area (Å²) in [6.07, 6.45) is 7.71. The van der Waals surface area contributed by atoms with Crippen LogP contribution in [-0.2, 0) is 9.53 Å². The summed E-state index contributed by atoms with van der Waals surface area (Å²) in [4.78, 5) is 12.0. The molecule has 0 aromatic carbocycles. The van der Waals surface area contributed by atoms with E-state index in [2.05, 4.69) is 13.8 Å². The minimum atomic E-state index is -0.350.